The van der Waals surface area contributed by atoms with Crippen molar-refractivity contribution in [3.05, 3.63) is 75.3 Å². The van der Waals surface area contributed by atoms with Gasteiger partial charge < -0.3 is 19.3 Å². The van der Waals surface area contributed by atoms with Gasteiger partial charge in [-0.25, -0.2) is 9.78 Å². The maximum Gasteiger partial charge on any atom is 0.350 e. The zero-order valence-electron chi connectivity index (χ0n) is 21.0. The lowest BCUT2D eigenvalue weighted by Crippen LogP contribution is -2.29. The smallest absolute Gasteiger partial charge is 0.350 e. The fourth-order valence-electron chi connectivity index (χ4n) is 4.26. The first-order valence-electron chi connectivity index (χ1n) is 11.5. The number of aliphatic hydroxyl groups is 1. The lowest BCUT2D eigenvalue weighted by Gasteiger charge is -2.25. The topological polar surface area (TPSA) is 115 Å². The quantitative estimate of drug-likeness (QED) is 0.208. The molecular formula is C27H26N2O7S. The van der Waals surface area contributed by atoms with E-state index in [9.17, 15) is 19.5 Å². The van der Waals surface area contributed by atoms with Crippen LogP contribution in [0.2, 0.25) is 0 Å². The molecule has 1 amide bonds. The van der Waals surface area contributed by atoms with Gasteiger partial charge in [0.05, 0.1) is 32.1 Å². The maximum absolute atomic E-state index is 13.5. The molecule has 1 saturated heterocycles. The molecule has 1 unspecified atom stereocenters. The zero-order valence-corrected chi connectivity index (χ0v) is 21.8. The van der Waals surface area contributed by atoms with E-state index in [-0.39, 0.29) is 21.3 Å². The summed E-state index contributed by atoms with van der Waals surface area (Å²) >= 11 is 0.936. The van der Waals surface area contributed by atoms with Crippen LogP contribution >= 0.6 is 11.3 Å². The summed E-state index contributed by atoms with van der Waals surface area (Å²) in [5.74, 6) is -1.66. The number of aryl methyl sites for hydroxylation is 2. The number of Topliss-reactive ketones (excluding diaryl/α,β-unsaturated/α-hetero) is 1. The van der Waals surface area contributed by atoms with Crippen LogP contribution < -0.4 is 14.4 Å². The molecule has 3 aromatic rings. The van der Waals surface area contributed by atoms with Gasteiger partial charge in [0.1, 0.15) is 28.2 Å². The summed E-state index contributed by atoms with van der Waals surface area (Å²) in [5.41, 5.74) is 1.76. The Morgan fingerprint density at radius 1 is 1.14 bits per heavy atom. The van der Waals surface area contributed by atoms with Crippen molar-refractivity contribution in [2.75, 3.05) is 25.7 Å². The third kappa shape index (κ3) is 4.55. The Morgan fingerprint density at radius 3 is 2.51 bits per heavy atom. The van der Waals surface area contributed by atoms with Gasteiger partial charge in [-0.2, -0.15) is 0 Å². The van der Waals surface area contributed by atoms with Crippen LogP contribution in [0.1, 0.15) is 45.0 Å². The van der Waals surface area contributed by atoms with Crippen LogP contribution in [0.5, 0.6) is 11.5 Å². The minimum Gasteiger partial charge on any atom is -0.507 e. The van der Waals surface area contributed by atoms with Crippen molar-refractivity contribution in [2.45, 2.75) is 26.8 Å². The highest BCUT2D eigenvalue weighted by molar-refractivity contribution is 7.17. The Labute approximate surface area is 217 Å². The number of carbonyl (C=O) groups excluding carboxylic acids is 3. The van der Waals surface area contributed by atoms with Crippen LogP contribution in [0, 0.1) is 13.8 Å². The largest absolute Gasteiger partial charge is 0.507 e. The molecule has 192 valence electrons. The number of ether oxygens (including phenoxy) is 3. The number of thiazole rings is 1. The van der Waals surface area contributed by atoms with E-state index in [0.29, 0.717) is 40.5 Å². The number of aliphatic hydroxyl groups excluding tert-OH is 1. The third-order valence-corrected chi connectivity index (χ3v) is 7.15. The number of para-hydroxylation sites is 1. The van der Waals surface area contributed by atoms with Crippen molar-refractivity contribution >= 4 is 39.9 Å². The number of anilines is 1. The van der Waals surface area contributed by atoms with Gasteiger partial charge in [-0.05, 0) is 50.6 Å². The second-order valence-electron chi connectivity index (χ2n) is 8.22. The van der Waals surface area contributed by atoms with Crippen molar-refractivity contribution in [1.82, 2.24) is 4.98 Å². The molecule has 0 aliphatic carbocycles. The molecule has 37 heavy (non-hydrogen) atoms. The first-order valence-corrected chi connectivity index (χ1v) is 12.3. The molecule has 0 spiro atoms. The molecule has 9 nitrogen and oxygen atoms in total. The van der Waals surface area contributed by atoms with Gasteiger partial charge in [-0.1, -0.05) is 29.5 Å². The number of methoxy groups -OCH3 is 2. The molecule has 4 rings (SSSR count). The fourth-order valence-corrected chi connectivity index (χ4v) is 5.27. The molecule has 1 N–H and O–H groups in total. The standard InChI is InChI=1S/C27H26N2O7S/c1-6-36-19-10-8-7-9-18(19)21-20(22(30)17-12-11-16(34-4)13-14(17)2)23(31)25(32)29(21)27-28-15(3)24(37-27)26(33)35-5/h7-13,21,30H,6H2,1-5H3/b22-20+. The molecule has 2 aromatic carbocycles. The van der Waals surface area contributed by atoms with E-state index in [2.05, 4.69) is 4.98 Å². The number of esters is 1. The van der Waals surface area contributed by atoms with Crippen molar-refractivity contribution in [2.24, 2.45) is 0 Å². The highest BCUT2D eigenvalue weighted by Crippen LogP contribution is 2.46. The van der Waals surface area contributed by atoms with Gasteiger partial charge in [0.15, 0.2) is 5.13 Å². The van der Waals surface area contributed by atoms with E-state index < -0.39 is 23.7 Å². The van der Waals surface area contributed by atoms with E-state index in [1.807, 2.05) is 6.92 Å². The van der Waals surface area contributed by atoms with Crippen molar-refractivity contribution < 1.29 is 33.7 Å². The zero-order chi connectivity index (χ0) is 26.9. The summed E-state index contributed by atoms with van der Waals surface area (Å²) in [6, 6.07) is 10.9. The van der Waals surface area contributed by atoms with Gasteiger partial charge in [0.25, 0.3) is 5.78 Å². The van der Waals surface area contributed by atoms with Crippen LogP contribution in [-0.4, -0.2) is 48.6 Å². The average molecular weight is 523 g/mol. The molecule has 0 saturated carbocycles. The van der Waals surface area contributed by atoms with E-state index >= 15 is 0 Å². The summed E-state index contributed by atoms with van der Waals surface area (Å²) in [6.45, 7) is 5.55. The summed E-state index contributed by atoms with van der Waals surface area (Å²) in [6.07, 6.45) is 0. The van der Waals surface area contributed by atoms with Crippen LogP contribution in [0.4, 0.5) is 5.13 Å². The van der Waals surface area contributed by atoms with Gasteiger partial charge >= 0.3 is 11.9 Å². The van der Waals surface area contributed by atoms with Gasteiger partial charge in [0, 0.05) is 11.1 Å². The summed E-state index contributed by atoms with van der Waals surface area (Å²) in [5, 5.41) is 11.6. The molecule has 1 aromatic heterocycles. The van der Waals surface area contributed by atoms with E-state index in [0.717, 1.165) is 11.3 Å². The van der Waals surface area contributed by atoms with Crippen molar-refractivity contribution in [3.8, 4) is 11.5 Å². The predicted molar refractivity (Wildman–Crippen MR) is 138 cm³/mol. The number of rotatable bonds is 7. The highest BCUT2D eigenvalue weighted by atomic mass is 32.1. The molecule has 1 aliphatic heterocycles. The molecule has 10 heteroatoms. The van der Waals surface area contributed by atoms with Crippen molar-refractivity contribution in [1.29, 1.82) is 0 Å². The first kappa shape index (κ1) is 25.9. The molecule has 1 aliphatic rings. The van der Waals surface area contributed by atoms with Crippen LogP contribution in [0.3, 0.4) is 0 Å². The number of nitrogens with zero attached hydrogens (tertiary/aromatic N) is 2. The van der Waals surface area contributed by atoms with E-state index in [1.54, 1.807) is 56.3 Å². The molecule has 0 radical (unpaired) electrons. The second-order valence-corrected chi connectivity index (χ2v) is 9.20. The number of ketones is 1. The molecule has 2 heterocycles. The SMILES string of the molecule is CCOc1ccccc1C1/C(=C(\O)c2ccc(OC)cc2C)C(=O)C(=O)N1c1nc(C)c(C(=O)OC)s1. The van der Waals surface area contributed by atoms with Gasteiger partial charge in [-0.15, -0.1) is 0 Å². The third-order valence-electron chi connectivity index (χ3n) is 6.01. The van der Waals surface area contributed by atoms with Crippen LogP contribution in [0.25, 0.3) is 5.76 Å². The Morgan fingerprint density at radius 2 is 1.86 bits per heavy atom. The lowest BCUT2D eigenvalue weighted by atomic mass is 9.93. The van der Waals surface area contributed by atoms with Gasteiger partial charge in [-0.3, -0.25) is 14.5 Å². The number of aromatic nitrogens is 1. The minimum absolute atomic E-state index is 0.113. The highest BCUT2D eigenvalue weighted by Gasteiger charge is 2.49. The van der Waals surface area contributed by atoms with Crippen LogP contribution in [-0.2, 0) is 14.3 Å². The van der Waals surface area contributed by atoms with Crippen LogP contribution in [0.15, 0.2) is 48.0 Å². The molecule has 0 bridgehead atoms. The monoisotopic (exact) mass is 522 g/mol. The number of amides is 1. The Balaban J connectivity index is 1.99. The molecule has 1 atom stereocenters. The number of benzene rings is 2. The Hall–Kier alpha value is -4.18. The Bertz CT molecular complexity index is 1430. The summed E-state index contributed by atoms with van der Waals surface area (Å²) in [4.78, 5) is 45.0. The number of hydrogen-bond donors (Lipinski definition) is 1. The number of hydrogen-bond acceptors (Lipinski definition) is 9. The average Bonchev–Trinajstić information content (AvgIpc) is 3.40. The Kier molecular flexibility index (Phi) is 7.30. The first-order chi connectivity index (χ1) is 17.7. The maximum atomic E-state index is 13.5. The minimum atomic E-state index is -1.06. The van der Waals surface area contributed by atoms with E-state index in [1.165, 1.54) is 19.1 Å². The van der Waals surface area contributed by atoms with Gasteiger partial charge in [0.2, 0.25) is 0 Å². The number of carbonyl (C=O) groups is 3. The van der Waals surface area contributed by atoms with Crippen molar-refractivity contribution in [3.63, 3.8) is 0 Å². The second kappa shape index (κ2) is 10.4. The lowest BCUT2D eigenvalue weighted by molar-refractivity contribution is -0.132. The van der Waals surface area contributed by atoms with E-state index in [4.69, 9.17) is 14.2 Å². The fraction of sp³-hybridized carbons (Fsp3) is 0.259. The molecular weight excluding hydrogens is 496 g/mol. The summed E-state index contributed by atoms with van der Waals surface area (Å²) < 4.78 is 15.9. The molecule has 1 fully saturated rings. The summed E-state index contributed by atoms with van der Waals surface area (Å²) in [7, 11) is 2.78. The predicted octanol–water partition coefficient (Wildman–Crippen LogP) is 4.58. The normalized spacial score (nSPS) is 16.7.